The van der Waals surface area contributed by atoms with Gasteiger partial charge in [0.2, 0.25) is 0 Å². The molecule has 0 aromatic heterocycles. The molecule has 10 radical (unpaired) electrons. The van der Waals surface area contributed by atoms with Crippen molar-refractivity contribution in [1.82, 2.24) is 4.90 Å². The summed E-state index contributed by atoms with van der Waals surface area (Å²) in [7, 11) is 0. The summed E-state index contributed by atoms with van der Waals surface area (Å²) in [6.45, 7) is 6.53. The first kappa shape index (κ1) is 13.3. The smallest absolute Gasteiger partial charge is 0.0287 e. The number of allylic oxidation sites excluding steroid dienone is 3. The maximum Gasteiger partial charge on any atom is 0.0287 e. The fourth-order valence-electron chi connectivity index (χ4n) is 2.70. The Hall–Kier alpha value is -0.720. The van der Waals surface area contributed by atoms with Crippen molar-refractivity contribution in [2.24, 2.45) is 0 Å². The SMILES string of the molecule is C=C(/C=C(\[C]1[CH][CH][CH][CH]1)N1CCCC1)[C]1[CH][CH][CH][CH]1. The Labute approximate surface area is 118 Å². The number of nitrogens with zero attached hydrogens (tertiary/aromatic N) is 1. The van der Waals surface area contributed by atoms with E-state index in [0.29, 0.717) is 0 Å². The lowest BCUT2D eigenvalue weighted by Crippen LogP contribution is -2.23. The van der Waals surface area contributed by atoms with Gasteiger partial charge in [0.1, 0.15) is 0 Å². The molecular weight excluding hydrogens is 230 g/mol. The monoisotopic (exact) mass is 249 g/mol. The topological polar surface area (TPSA) is 3.24 Å². The van der Waals surface area contributed by atoms with E-state index in [4.69, 9.17) is 0 Å². The van der Waals surface area contributed by atoms with Crippen molar-refractivity contribution in [3.8, 4) is 0 Å². The molecule has 2 saturated carbocycles. The van der Waals surface area contributed by atoms with Crippen LogP contribution in [0.1, 0.15) is 12.8 Å². The molecule has 3 rings (SSSR count). The number of hydrogen-bond acceptors (Lipinski definition) is 1. The van der Waals surface area contributed by atoms with Crippen molar-refractivity contribution in [2.45, 2.75) is 12.8 Å². The van der Waals surface area contributed by atoms with Crippen LogP contribution in [0.5, 0.6) is 0 Å². The maximum absolute atomic E-state index is 4.22. The molecule has 0 amide bonds. The van der Waals surface area contributed by atoms with Gasteiger partial charge >= 0.3 is 0 Å². The van der Waals surface area contributed by atoms with Gasteiger partial charge < -0.3 is 4.90 Å². The summed E-state index contributed by atoms with van der Waals surface area (Å²) in [5.74, 6) is 2.51. The molecule has 0 atom stereocenters. The molecule has 3 fully saturated rings. The highest BCUT2D eigenvalue weighted by Gasteiger charge is 2.28. The maximum atomic E-state index is 4.22. The lowest BCUT2D eigenvalue weighted by Gasteiger charge is -2.27. The van der Waals surface area contributed by atoms with Crippen molar-refractivity contribution in [1.29, 1.82) is 0 Å². The minimum absolute atomic E-state index is 1.09. The lowest BCUT2D eigenvalue weighted by atomic mass is 9.94. The summed E-state index contributed by atoms with van der Waals surface area (Å²) in [4.78, 5) is 2.48. The zero-order valence-electron chi connectivity index (χ0n) is 11.2. The van der Waals surface area contributed by atoms with Crippen LogP contribution in [0.3, 0.4) is 0 Å². The summed E-state index contributed by atoms with van der Waals surface area (Å²) in [5, 5.41) is 0. The average Bonchev–Trinajstić information content (AvgIpc) is 3.17. The van der Waals surface area contributed by atoms with Crippen molar-refractivity contribution < 1.29 is 0 Å². The van der Waals surface area contributed by atoms with Crippen LogP contribution in [0.25, 0.3) is 0 Å². The quantitative estimate of drug-likeness (QED) is 0.691. The normalized spacial score (nSPS) is 26.5. The first-order chi connectivity index (χ1) is 9.34. The van der Waals surface area contributed by atoms with Gasteiger partial charge in [-0.25, -0.2) is 0 Å². The summed E-state index contributed by atoms with van der Waals surface area (Å²) in [6.07, 6.45) is 21.7. The van der Waals surface area contributed by atoms with E-state index in [-0.39, 0.29) is 0 Å². The second kappa shape index (κ2) is 6.15. The predicted octanol–water partition coefficient (Wildman–Crippen LogP) is 3.33. The highest BCUT2D eigenvalue weighted by atomic mass is 15.2. The fraction of sp³-hybridized carbons (Fsp3) is 0.222. The van der Waals surface area contributed by atoms with Crippen LogP contribution in [-0.2, 0) is 0 Å². The Bertz CT molecular complexity index is 319. The minimum atomic E-state index is 1.09. The fourth-order valence-corrected chi connectivity index (χ4v) is 2.70. The van der Waals surface area contributed by atoms with Crippen LogP contribution in [0.15, 0.2) is 23.9 Å². The molecule has 96 valence electrons. The van der Waals surface area contributed by atoms with Crippen LogP contribution < -0.4 is 0 Å². The van der Waals surface area contributed by atoms with Crippen molar-refractivity contribution >= 4 is 0 Å². The third kappa shape index (κ3) is 3.07. The van der Waals surface area contributed by atoms with E-state index < -0.39 is 0 Å². The molecule has 1 aliphatic heterocycles. The molecule has 2 aliphatic carbocycles. The Morgan fingerprint density at radius 1 is 0.895 bits per heavy atom. The van der Waals surface area contributed by atoms with Gasteiger partial charge in [0.25, 0.3) is 0 Å². The van der Waals surface area contributed by atoms with Crippen molar-refractivity contribution in [3.05, 3.63) is 87.1 Å². The highest BCUT2D eigenvalue weighted by Crippen LogP contribution is 2.37. The van der Waals surface area contributed by atoms with Gasteiger partial charge in [0.15, 0.2) is 0 Å². The van der Waals surface area contributed by atoms with E-state index in [1.807, 2.05) is 0 Å². The van der Waals surface area contributed by atoms with Crippen LogP contribution in [-0.4, -0.2) is 18.0 Å². The molecule has 1 heteroatoms. The molecule has 0 spiro atoms. The number of rotatable bonds is 4. The molecular formula is C18H19N. The van der Waals surface area contributed by atoms with Gasteiger partial charge in [-0.1, -0.05) is 6.58 Å². The van der Waals surface area contributed by atoms with E-state index in [2.05, 4.69) is 68.9 Å². The molecule has 1 nitrogen and oxygen atoms in total. The van der Waals surface area contributed by atoms with Gasteiger partial charge in [0.05, 0.1) is 0 Å². The molecule has 0 N–H and O–H groups in total. The first-order valence-corrected chi connectivity index (χ1v) is 6.94. The van der Waals surface area contributed by atoms with Crippen LogP contribution in [0.2, 0.25) is 0 Å². The van der Waals surface area contributed by atoms with Gasteiger partial charge in [-0.15, -0.1) is 0 Å². The standard InChI is InChI=1S/C18H19N/c1-15(16-8-2-3-9-16)14-18(17-10-4-5-11-17)19-12-6-7-13-19/h2-5,8-11,14H,1,6-7,12-13H2/b18-14+. The molecule has 0 aromatic carbocycles. The minimum Gasteiger partial charge on any atom is -0.374 e. The van der Waals surface area contributed by atoms with E-state index in [0.717, 1.165) is 18.7 Å². The van der Waals surface area contributed by atoms with Gasteiger partial charge in [0, 0.05) is 30.6 Å². The molecule has 0 aromatic rings. The summed E-state index contributed by atoms with van der Waals surface area (Å²) in [5.41, 5.74) is 2.40. The highest BCUT2D eigenvalue weighted by molar-refractivity contribution is 5.55. The first-order valence-electron chi connectivity index (χ1n) is 6.94. The van der Waals surface area contributed by atoms with E-state index in [1.54, 1.807) is 0 Å². The van der Waals surface area contributed by atoms with E-state index in [1.165, 1.54) is 30.4 Å². The number of hydrogen-bond donors (Lipinski definition) is 0. The molecule has 3 aliphatic rings. The zero-order valence-corrected chi connectivity index (χ0v) is 11.2. The Morgan fingerprint density at radius 2 is 1.42 bits per heavy atom. The van der Waals surface area contributed by atoms with E-state index in [9.17, 15) is 0 Å². The largest absolute Gasteiger partial charge is 0.374 e. The zero-order chi connectivity index (χ0) is 13.1. The summed E-state index contributed by atoms with van der Waals surface area (Å²) >= 11 is 0. The van der Waals surface area contributed by atoms with Crippen molar-refractivity contribution in [3.63, 3.8) is 0 Å². The van der Waals surface area contributed by atoms with Gasteiger partial charge in [-0.05, 0) is 75.9 Å². The van der Waals surface area contributed by atoms with Gasteiger partial charge in [-0.3, -0.25) is 0 Å². The molecule has 0 bridgehead atoms. The molecule has 1 saturated heterocycles. The summed E-state index contributed by atoms with van der Waals surface area (Å²) in [6, 6.07) is 0. The predicted molar refractivity (Wildman–Crippen MR) is 78.9 cm³/mol. The third-order valence-electron chi connectivity index (χ3n) is 3.75. The second-order valence-corrected chi connectivity index (χ2v) is 5.10. The second-order valence-electron chi connectivity index (χ2n) is 5.10. The number of likely N-dealkylation sites (tertiary alicyclic amines) is 1. The molecule has 0 unspecified atom stereocenters. The van der Waals surface area contributed by atoms with Crippen LogP contribution in [0.4, 0.5) is 0 Å². The van der Waals surface area contributed by atoms with Crippen LogP contribution >= 0.6 is 0 Å². The Balaban J connectivity index is 1.74. The average molecular weight is 249 g/mol. The van der Waals surface area contributed by atoms with Crippen LogP contribution in [0, 0.1) is 63.2 Å². The van der Waals surface area contributed by atoms with E-state index >= 15 is 0 Å². The Kier molecular flexibility index (Phi) is 4.30. The summed E-state index contributed by atoms with van der Waals surface area (Å²) < 4.78 is 0. The third-order valence-corrected chi connectivity index (χ3v) is 3.75. The molecule has 1 heterocycles. The van der Waals surface area contributed by atoms with Gasteiger partial charge in [-0.2, -0.15) is 0 Å². The van der Waals surface area contributed by atoms with Crippen molar-refractivity contribution in [2.75, 3.05) is 13.1 Å². The Morgan fingerprint density at radius 3 is 2.00 bits per heavy atom. The molecule has 19 heavy (non-hydrogen) atoms. The lowest BCUT2D eigenvalue weighted by molar-refractivity contribution is 0.426.